The second-order valence-electron chi connectivity index (χ2n) is 6.49. The summed E-state index contributed by atoms with van der Waals surface area (Å²) >= 11 is 0. The Balaban J connectivity index is 1.82. The third-order valence-corrected chi connectivity index (χ3v) is 4.60. The van der Waals surface area contributed by atoms with Gasteiger partial charge in [-0.3, -0.25) is 0 Å². The summed E-state index contributed by atoms with van der Waals surface area (Å²) in [6.07, 6.45) is 1.63. The van der Waals surface area contributed by atoms with Crippen molar-refractivity contribution in [1.29, 1.82) is 5.26 Å². The van der Waals surface area contributed by atoms with Crippen LogP contribution in [0.15, 0.2) is 48.5 Å². The number of rotatable bonds is 6. The molecular formula is C21H23FN2O2. The van der Waals surface area contributed by atoms with E-state index < -0.39 is 5.82 Å². The number of nitrogens with one attached hydrogen (secondary N) is 1. The number of nitriles is 1. The van der Waals surface area contributed by atoms with Gasteiger partial charge in [-0.1, -0.05) is 36.4 Å². The summed E-state index contributed by atoms with van der Waals surface area (Å²) in [5.41, 5.74) is 1.56. The molecule has 1 saturated heterocycles. The lowest BCUT2D eigenvalue weighted by molar-refractivity contribution is -0.0738. The van der Waals surface area contributed by atoms with Crippen molar-refractivity contribution < 1.29 is 13.9 Å². The van der Waals surface area contributed by atoms with Gasteiger partial charge >= 0.3 is 0 Å². The van der Waals surface area contributed by atoms with Crippen LogP contribution in [0.5, 0.6) is 0 Å². The van der Waals surface area contributed by atoms with E-state index in [4.69, 9.17) is 9.47 Å². The minimum atomic E-state index is -0.522. The third-order valence-electron chi connectivity index (χ3n) is 4.60. The summed E-state index contributed by atoms with van der Waals surface area (Å²) in [5.74, 6) is -0.522. The van der Waals surface area contributed by atoms with E-state index in [1.54, 1.807) is 12.1 Å². The topological polar surface area (TPSA) is 54.3 Å². The minimum absolute atomic E-state index is 0.0252. The van der Waals surface area contributed by atoms with Crippen LogP contribution < -0.4 is 5.32 Å². The molecule has 26 heavy (non-hydrogen) atoms. The summed E-state index contributed by atoms with van der Waals surface area (Å²) in [7, 11) is 0. The zero-order chi connectivity index (χ0) is 18.4. The van der Waals surface area contributed by atoms with Gasteiger partial charge in [0.25, 0.3) is 0 Å². The highest BCUT2D eigenvalue weighted by molar-refractivity contribution is 5.58. The van der Waals surface area contributed by atoms with Gasteiger partial charge in [-0.15, -0.1) is 0 Å². The van der Waals surface area contributed by atoms with Gasteiger partial charge in [0.1, 0.15) is 23.6 Å². The third kappa shape index (κ3) is 4.40. The molecule has 3 rings (SSSR count). The number of hydrogen-bond acceptors (Lipinski definition) is 4. The van der Waals surface area contributed by atoms with Crippen molar-refractivity contribution >= 4 is 5.69 Å². The Hall–Kier alpha value is -2.42. The Kier molecular flexibility index (Phi) is 6.21. The first-order chi connectivity index (χ1) is 12.7. The molecule has 136 valence electrons. The first-order valence-corrected chi connectivity index (χ1v) is 8.92. The molecule has 1 heterocycles. The second kappa shape index (κ2) is 8.79. The zero-order valence-electron chi connectivity index (χ0n) is 14.8. The van der Waals surface area contributed by atoms with Gasteiger partial charge in [0, 0.05) is 13.2 Å². The standard InChI is InChI=1S/C21H23FN2O2/c1-15(24-20-9-5-8-19(22)18(20)14-23)21(16-6-3-2-4-7-16)26-17-10-12-25-13-11-17/h2-9,15,17,21,24H,10-13H2,1H3. The molecule has 2 unspecified atom stereocenters. The van der Waals surface area contributed by atoms with Gasteiger partial charge in [0.2, 0.25) is 0 Å². The molecular weight excluding hydrogens is 331 g/mol. The van der Waals surface area contributed by atoms with Crippen LogP contribution in [-0.4, -0.2) is 25.4 Å². The lowest BCUT2D eigenvalue weighted by atomic mass is 10.0. The molecule has 5 heteroatoms. The summed E-state index contributed by atoms with van der Waals surface area (Å²) < 4.78 is 25.7. The number of benzene rings is 2. The highest BCUT2D eigenvalue weighted by Gasteiger charge is 2.26. The van der Waals surface area contributed by atoms with Gasteiger partial charge in [0.15, 0.2) is 0 Å². The molecule has 0 aromatic heterocycles. The van der Waals surface area contributed by atoms with Crippen molar-refractivity contribution in [3.63, 3.8) is 0 Å². The highest BCUT2D eigenvalue weighted by atomic mass is 19.1. The number of anilines is 1. The lowest BCUT2D eigenvalue weighted by Gasteiger charge is -2.32. The predicted molar refractivity (Wildman–Crippen MR) is 98.3 cm³/mol. The average Bonchev–Trinajstić information content (AvgIpc) is 2.68. The Bertz CT molecular complexity index is 754. The largest absolute Gasteiger partial charge is 0.381 e. The summed E-state index contributed by atoms with van der Waals surface area (Å²) in [5, 5.41) is 12.5. The maximum Gasteiger partial charge on any atom is 0.143 e. The van der Waals surface area contributed by atoms with Crippen LogP contribution in [0.1, 0.15) is 37.0 Å². The van der Waals surface area contributed by atoms with E-state index in [-0.39, 0.29) is 23.8 Å². The van der Waals surface area contributed by atoms with E-state index in [9.17, 15) is 9.65 Å². The molecule has 0 bridgehead atoms. The first-order valence-electron chi connectivity index (χ1n) is 8.92. The van der Waals surface area contributed by atoms with E-state index in [1.807, 2.05) is 43.3 Å². The van der Waals surface area contributed by atoms with Crippen LogP contribution >= 0.6 is 0 Å². The van der Waals surface area contributed by atoms with Crippen molar-refractivity contribution in [2.75, 3.05) is 18.5 Å². The van der Waals surface area contributed by atoms with Crippen LogP contribution in [0.4, 0.5) is 10.1 Å². The average molecular weight is 354 g/mol. The Labute approximate surface area is 153 Å². The Morgan fingerprint density at radius 3 is 2.58 bits per heavy atom. The molecule has 1 N–H and O–H groups in total. The van der Waals surface area contributed by atoms with E-state index in [1.165, 1.54) is 6.07 Å². The molecule has 2 atom stereocenters. The minimum Gasteiger partial charge on any atom is -0.381 e. The maximum absolute atomic E-state index is 13.9. The summed E-state index contributed by atoms with van der Waals surface area (Å²) in [4.78, 5) is 0. The number of ether oxygens (including phenoxy) is 2. The van der Waals surface area contributed by atoms with Crippen molar-refractivity contribution in [1.82, 2.24) is 0 Å². The molecule has 0 spiro atoms. The number of halogens is 1. The molecule has 1 aliphatic rings. The summed E-state index contributed by atoms with van der Waals surface area (Å²) in [6, 6.07) is 16.4. The van der Waals surface area contributed by atoms with E-state index in [2.05, 4.69) is 5.32 Å². The van der Waals surface area contributed by atoms with Crippen molar-refractivity contribution in [2.24, 2.45) is 0 Å². The second-order valence-corrected chi connectivity index (χ2v) is 6.49. The lowest BCUT2D eigenvalue weighted by Crippen LogP contribution is -2.32. The Morgan fingerprint density at radius 1 is 1.15 bits per heavy atom. The van der Waals surface area contributed by atoms with Crippen molar-refractivity contribution in [3.8, 4) is 6.07 Å². The number of nitrogens with zero attached hydrogens (tertiary/aromatic N) is 1. The van der Waals surface area contributed by atoms with E-state index in [0.717, 1.165) is 18.4 Å². The fraction of sp³-hybridized carbons (Fsp3) is 0.381. The van der Waals surface area contributed by atoms with Crippen molar-refractivity contribution in [2.45, 2.75) is 38.0 Å². The predicted octanol–water partition coefficient (Wildman–Crippen LogP) is 4.43. The summed E-state index contributed by atoms with van der Waals surface area (Å²) in [6.45, 7) is 3.40. The first kappa shape index (κ1) is 18.4. The number of hydrogen-bond donors (Lipinski definition) is 1. The monoisotopic (exact) mass is 354 g/mol. The SMILES string of the molecule is CC(Nc1cccc(F)c1C#N)C(OC1CCOCC1)c1ccccc1. The van der Waals surface area contributed by atoms with Crippen LogP contribution in [0.3, 0.4) is 0 Å². The normalized spacial score (nSPS) is 17.3. The van der Waals surface area contributed by atoms with Crippen LogP contribution in [0.25, 0.3) is 0 Å². The molecule has 0 aliphatic carbocycles. The molecule has 0 amide bonds. The van der Waals surface area contributed by atoms with Gasteiger partial charge < -0.3 is 14.8 Å². The quantitative estimate of drug-likeness (QED) is 0.833. The molecule has 2 aromatic carbocycles. The smallest absolute Gasteiger partial charge is 0.143 e. The maximum atomic E-state index is 13.9. The van der Waals surface area contributed by atoms with Gasteiger partial charge in [0.05, 0.1) is 17.8 Å². The van der Waals surface area contributed by atoms with Crippen molar-refractivity contribution in [3.05, 3.63) is 65.5 Å². The zero-order valence-corrected chi connectivity index (χ0v) is 14.8. The molecule has 1 fully saturated rings. The van der Waals surface area contributed by atoms with Gasteiger partial charge in [-0.05, 0) is 37.5 Å². The van der Waals surface area contributed by atoms with Gasteiger partial charge in [-0.2, -0.15) is 5.26 Å². The molecule has 4 nitrogen and oxygen atoms in total. The van der Waals surface area contributed by atoms with E-state index >= 15 is 0 Å². The molecule has 0 saturated carbocycles. The van der Waals surface area contributed by atoms with E-state index in [0.29, 0.717) is 18.9 Å². The molecule has 2 aromatic rings. The van der Waals surface area contributed by atoms with Gasteiger partial charge in [-0.25, -0.2) is 4.39 Å². The fourth-order valence-corrected chi connectivity index (χ4v) is 3.23. The van der Waals surface area contributed by atoms with Crippen LogP contribution in [0.2, 0.25) is 0 Å². The van der Waals surface area contributed by atoms with Crippen LogP contribution in [0, 0.1) is 17.1 Å². The highest BCUT2D eigenvalue weighted by Crippen LogP contribution is 2.29. The fourth-order valence-electron chi connectivity index (χ4n) is 3.23. The molecule has 0 radical (unpaired) electrons. The molecule has 1 aliphatic heterocycles. The van der Waals surface area contributed by atoms with Crippen LogP contribution in [-0.2, 0) is 9.47 Å². The Morgan fingerprint density at radius 2 is 1.88 bits per heavy atom.